The molecule has 0 bridgehead atoms. The maximum Gasteiger partial charge on any atom is 0.355 e. The Hall–Kier alpha value is -2.14. The number of benzene rings is 1. The van der Waals surface area contributed by atoms with Crippen LogP contribution in [0.2, 0.25) is 5.02 Å². The Kier molecular flexibility index (Phi) is 4.75. The molecule has 0 saturated heterocycles. The van der Waals surface area contributed by atoms with Gasteiger partial charge in [0.25, 0.3) is 0 Å². The monoisotopic (exact) mass is 309 g/mol. The van der Waals surface area contributed by atoms with Gasteiger partial charge in [0.2, 0.25) is 0 Å². The number of H-pyrrole nitrogens is 1. The fraction of sp³-hybridized carbons (Fsp3) is 0.267. The molecule has 2 aromatic rings. The van der Waals surface area contributed by atoms with Gasteiger partial charge in [-0.1, -0.05) is 11.6 Å². The number of hydrogen-bond acceptors (Lipinski definition) is 4. The van der Waals surface area contributed by atoms with E-state index in [2.05, 4.69) is 4.98 Å². The van der Waals surface area contributed by atoms with Crippen molar-refractivity contribution < 1.29 is 19.0 Å². The van der Waals surface area contributed by atoms with Crippen LogP contribution in [0.25, 0.3) is 11.1 Å². The van der Waals surface area contributed by atoms with Crippen LogP contribution in [0.1, 0.15) is 17.4 Å². The Morgan fingerprint density at radius 1 is 1.19 bits per heavy atom. The number of methoxy groups -OCH3 is 2. The molecule has 1 heterocycles. The van der Waals surface area contributed by atoms with Gasteiger partial charge in [-0.3, -0.25) is 0 Å². The molecule has 1 aromatic heterocycles. The summed E-state index contributed by atoms with van der Waals surface area (Å²) in [6, 6.07) is 5.27. The second-order valence-electron chi connectivity index (χ2n) is 4.15. The van der Waals surface area contributed by atoms with E-state index in [0.29, 0.717) is 39.9 Å². The lowest BCUT2D eigenvalue weighted by Gasteiger charge is -2.13. The third-order valence-electron chi connectivity index (χ3n) is 3.00. The van der Waals surface area contributed by atoms with Crippen molar-refractivity contribution in [3.05, 3.63) is 35.1 Å². The molecule has 1 aromatic carbocycles. The van der Waals surface area contributed by atoms with Crippen molar-refractivity contribution in [2.24, 2.45) is 0 Å². The topological polar surface area (TPSA) is 60.6 Å². The van der Waals surface area contributed by atoms with E-state index < -0.39 is 5.97 Å². The van der Waals surface area contributed by atoms with Crippen LogP contribution in [0, 0.1) is 0 Å². The summed E-state index contributed by atoms with van der Waals surface area (Å²) in [5.74, 6) is 0.524. The van der Waals surface area contributed by atoms with Crippen LogP contribution in [0.3, 0.4) is 0 Å². The second-order valence-corrected chi connectivity index (χ2v) is 4.53. The fourth-order valence-corrected chi connectivity index (χ4v) is 2.40. The number of halogens is 1. The number of carbonyl (C=O) groups excluding carboxylic acids is 1. The number of hydrogen-bond donors (Lipinski definition) is 1. The molecule has 0 saturated carbocycles. The van der Waals surface area contributed by atoms with E-state index in [4.69, 9.17) is 25.8 Å². The maximum atomic E-state index is 11.9. The van der Waals surface area contributed by atoms with Gasteiger partial charge < -0.3 is 19.2 Å². The molecule has 1 N–H and O–H groups in total. The zero-order chi connectivity index (χ0) is 15.4. The number of rotatable bonds is 5. The van der Waals surface area contributed by atoms with Gasteiger partial charge in [-0.25, -0.2) is 4.79 Å². The Bertz CT molecular complexity index is 651. The number of esters is 1. The molecule has 0 aliphatic heterocycles. The molecule has 2 rings (SSSR count). The van der Waals surface area contributed by atoms with E-state index in [1.807, 2.05) is 0 Å². The first-order valence-electron chi connectivity index (χ1n) is 6.39. The Morgan fingerprint density at radius 2 is 1.95 bits per heavy atom. The molecule has 5 nitrogen and oxygen atoms in total. The quantitative estimate of drug-likeness (QED) is 0.858. The van der Waals surface area contributed by atoms with Crippen LogP contribution in [-0.4, -0.2) is 31.8 Å². The van der Waals surface area contributed by atoms with Gasteiger partial charge in [-0.15, -0.1) is 0 Å². The van der Waals surface area contributed by atoms with Crippen LogP contribution >= 0.6 is 11.6 Å². The summed E-state index contributed by atoms with van der Waals surface area (Å²) in [6.07, 6.45) is 1.66. The van der Waals surface area contributed by atoms with Crippen molar-refractivity contribution in [3.63, 3.8) is 0 Å². The van der Waals surface area contributed by atoms with Crippen LogP contribution in [-0.2, 0) is 4.74 Å². The number of aromatic nitrogens is 1. The van der Waals surface area contributed by atoms with E-state index in [9.17, 15) is 4.79 Å². The van der Waals surface area contributed by atoms with Crippen LogP contribution in [0.15, 0.2) is 24.4 Å². The highest BCUT2D eigenvalue weighted by atomic mass is 35.5. The van der Waals surface area contributed by atoms with Gasteiger partial charge in [0, 0.05) is 17.3 Å². The van der Waals surface area contributed by atoms with Crippen molar-refractivity contribution in [1.82, 2.24) is 4.98 Å². The minimum absolute atomic E-state index is 0.303. The van der Waals surface area contributed by atoms with Crippen LogP contribution in [0.4, 0.5) is 0 Å². The molecule has 0 atom stereocenters. The molecule has 21 heavy (non-hydrogen) atoms. The average Bonchev–Trinajstić information content (AvgIpc) is 2.96. The first-order valence-corrected chi connectivity index (χ1v) is 6.77. The summed E-state index contributed by atoms with van der Waals surface area (Å²) >= 11 is 6.37. The van der Waals surface area contributed by atoms with E-state index in [1.54, 1.807) is 31.3 Å². The predicted molar refractivity (Wildman–Crippen MR) is 80.3 cm³/mol. The summed E-state index contributed by atoms with van der Waals surface area (Å²) in [5.41, 5.74) is 1.67. The number of nitrogens with one attached hydrogen (secondary N) is 1. The fourth-order valence-electron chi connectivity index (χ4n) is 2.06. The number of carbonyl (C=O) groups is 1. The summed E-state index contributed by atoms with van der Waals surface area (Å²) < 4.78 is 15.5. The van der Waals surface area contributed by atoms with E-state index in [0.717, 1.165) is 0 Å². The van der Waals surface area contributed by atoms with Crippen molar-refractivity contribution in [1.29, 1.82) is 0 Å². The van der Waals surface area contributed by atoms with Gasteiger partial charge in [0.05, 0.1) is 25.8 Å². The number of ether oxygens (including phenoxy) is 3. The van der Waals surface area contributed by atoms with Crippen molar-refractivity contribution in [3.8, 4) is 22.6 Å². The molecule has 0 unspecified atom stereocenters. The van der Waals surface area contributed by atoms with Crippen LogP contribution < -0.4 is 9.47 Å². The molecule has 112 valence electrons. The molecular formula is C15H16ClNO4. The molecule has 6 heteroatoms. The van der Waals surface area contributed by atoms with Crippen molar-refractivity contribution in [2.45, 2.75) is 6.92 Å². The van der Waals surface area contributed by atoms with E-state index in [1.165, 1.54) is 14.2 Å². The zero-order valence-electron chi connectivity index (χ0n) is 12.0. The standard InChI is InChI=1S/C15H16ClNO4/c1-4-21-15(18)13-10(7-8-17-13)9-5-6-11(19-2)14(20-3)12(9)16/h5-8,17H,4H2,1-3H3. The normalized spacial score (nSPS) is 10.3. The molecule has 0 fully saturated rings. The first-order chi connectivity index (χ1) is 10.1. The first kappa shape index (κ1) is 15.3. The molecule has 0 spiro atoms. The van der Waals surface area contributed by atoms with E-state index >= 15 is 0 Å². The maximum absolute atomic E-state index is 11.9. The van der Waals surface area contributed by atoms with Crippen LogP contribution in [0.5, 0.6) is 11.5 Å². The van der Waals surface area contributed by atoms with Gasteiger partial charge in [-0.05, 0) is 25.1 Å². The highest BCUT2D eigenvalue weighted by Crippen LogP contribution is 2.42. The SMILES string of the molecule is CCOC(=O)c1[nH]ccc1-c1ccc(OC)c(OC)c1Cl. The van der Waals surface area contributed by atoms with Gasteiger partial charge >= 0.3 is 5.97 Å². The lowest BCUT2D eigenvalue weighted by Crippen LogP contribution is -2.06. The summed E-state index contributed by atoms with van der Waals surface area (Å²) in [4.78, 5) is 14.8. The minimum Gasteiger partial charge on any atom is -0.493 e. The lowest BCUT2D eigenvalue weighted by molar-refractivity contribution is 0.0521. The third-order valence-corrected chi connectivity index (χ3v) is 3.38. The molecular weight excluding hydrogens is 294 g/mol. The second kappa shape index (κ2) is 6.54. The summed E-state index contributed by atoms with van der Waals surface area (Å²) in [6.45, 7) is 2.06. The average molecular weight is 310 g/mol. The van der Waals surface area contributed by atoms with Crippen molar-refractivity contribution in [2.75, 3.05) is 20.8 Å². The lowest BCUT2D eigenvalue weighted by atomic mass is 10.1. The minimum atomic E-state index is -0.427. The largest absolute Gasteiger partial charge is 0.493 e. The smallest absolute Gasteiger partial charge is 0.355 e. The number of aromatic amines is 1. The Labute approximate surface area is 127 Å². The van der Waals surface area contributed by atoms with Gasteiger partial charge in [0.15, 0.2) is 11.5 Å². The molecule has 0 aliphatic carbocycles. The summed E-state index contributed by atoms with van der Waals surface area (Å²) in [5, 5.41) is 0.377. The highest BCUT2D eigenvalue weighted by Gasteiger charge is 2.20. The third kappa shape index (κ3) is 2.83. The molecule has 0 amide bonds. The molecule has 0 radical (unpaired) electrons. The summed E-state index contributed by atoms with van der Waals surface area (Å²) in [7, 11) is 3.05. The zero-order valence-corrected chi connectivity index (χ0v) is 12.8. The van der Waals surface area contributed by atoms with Gasteiger partial charge in [-0.2, -0.15) is 0 Å². The van der Waals surface area contributed by atoms with Gasteiger partial charge in [0.1, 0.15) is 5.69 Å². The molecule has 0 aliphatic rings. The Balaban J connectivity index is 2.53. The van der Waals surface area contributed by atoms with Crippen molar-refractivity contribution >= 4 is 17.6 Å². The highest BCUT2D eigenvalue weighted by molar-refractivity contribution is 6.35. The Morgan fingerprint density at radius 3 is 2.57 bits per heavy atom. The predicted octanol–water partition coefficient (Wildman–Crippen LogP) is 3.53. The van der Waals surface area contributed by atoms with E-state index in [-0.39, 0.29) is 0 Å².